The summed E-state index contributed by atoms with van der Waals surface area (Å²) in [5, 5.41) is 8.54. The maximum atomic E-state index is 8.54. The van der Waals surface area contributed by atoms with Crippen molar-refractivity contribution in [3.05, 3.63) is 0 Å². The van der Waals surface area contributed by atoms with Crippen molar-refractivity contribution in [3.8, 4) is 0 Å². The summed E-state index contributed by atoms with van der Waals surface area (Å²) in [7, 11) is 1.56. The van der Waals surface area contributed by atoms with Crippen LogP contribution in [-0.2, 0) is 9.69 Å². The lowest BCUT2D eigenvalue weighted by Crippen LogP contribution is -2.23. The van der Waals surface area contributed by atoms with Crippen LogP contribution < -0.4 is 0 Å². The topological polar surface area (TPSA) is 38.7 Å². The Morgan fingerprint density at radius 3 is 3.00 bits per heavy atom. The molecule has 1 fully saturated rings. The largest absolute Gasteiger partial charge is 0.396 e. The predicted octanol–water partition coefficient (Wildman–Crippen LogP) is -0.406. The molecule has 0 aliphatic carbocycles. The molecule has 1 atom stereocenters. The van der Waals surface area contributed by atoms with Gasteiger partial charge in [-0.2, -0.15) is 0 Å². The van der Waals surface area contributed by atoms with Crippen LogP contribution >= 0.6 is 0 Å². The van der Waals surface area contributed by atoms with Crippen molar-refractivity contribution in [1.29, 1.82) is 0 Å². The van der Waals surface area contributed by atoms with Gasteiger partial charge in [0.15, 0.2) is 0 Å². The SMILES string of the molecule is OCC1C[B]OOC1. The molecule has 0 aromatic heterocycles. The molecule has 1 aliphatic heterocycles. The van der Waals surface area contributed by atoms with E-state index in [2.05, 4.69) is 9.69 Å². The van der Waals surface area contributed by atoms with Gasteiger partial charge in [0.2, 0.25) is 0 Å². The van der Waals surface area contributed by atoms with Gasteiger partial charge in [0.25, 0.3) is 0 Å². The second kappa shape index (κ2) is 3.07. The van der Waals surface area contributed by atoms with Gasteiger partial charge in [0, 0.05) is 12.5 Å². The van der Waals surface area contributed by atoms with E-state index in [1.54, 1.807) is 7.48 Å². The van der Waals surface area contributed by atoms with Crippen LogP contribution in [0.15, 0.2) is 0 Å². The Labute approximate surface area is 48.8 Å². The first-order valence-electron chi connectivity index (χ1n) is 2.64. The Balaban J connectivity index is 2.13. The molecule has 1 radical (unpaired) electrons. The molecule has 1 unspecified atom stereocenters. The summed E-state index contributed by atoms with van der Waals surface area (Å²) in [4.78, 5) is 9.02. The number of aliphatic hydroxyl groups excluding tert-OH is 1. The number of rotatable bonds is 1. The first-order chi connectivity index (χ1) is 3.93. The summed E-state index contributed by atoms with van der Waals surface area (Å²) in [6, 6.07) is 0. The third kappa shape index (κ3) is 1.47. The summed E-state index contributed by atoms with van der Waals surface area (Å²) < 4.78 is 0. The van der Waals surface area contributed by atoms with Gasteiger partial charge >= 0.3 is 7.48 Å². The maximum absolute atomic E-state index is 8.54. The molecule has 0 spiro atoms. The van der Waals surface area contributed by atoms with Gasteiger partial charge in [0.05, 0.1) is 6.61 Å². The van der Waals surface area contributed by atoms with Crippen molar-refractivity contribution in [2.75, 3.05) is 13.2 Å². The normalized spacial score (nSPS) is 29.4. The van der Waals surface area contributed by atoms with Crippen molar-refractivity contribution in [1.82, 2.24) is 0 Å². The van der Waals surface area contributed by atoms with Gasteiger partial charge in [-0.15, -0.1) is 0 Å². The average Bonchev–Trinajstić information content (AvgIpc) is 1.90. The lowest BCUT2D eigenvalue weighted by atomic mass is 9.85. The van der Waals surface area contributed by atoms with Crippen molar-refractivity contribution in [2.45, 2.75) is 6.32 Å². The fraction of sp³-hybridized carbons (Fsp3) is 1.00. The minimum atomic E-state index is 0.180. The Morgan fingerprint density at radius 2 is 2.62 bits per heavy atom. The highest BCUT2D eigenvalue weighted by atomic mass is 17.2. The molecule has 4 heteroatoms. The molecule has 45 valence electrons. The minimum Gasteiger partial charge on any atom is -0.396 e. The van der Waals surface area contributed by atoms with Crippen molar-refractivity contribution >= 4 is 7.48 Å². The molecule has 0 aromatic rings. The third-order valence-electron chi connectivity index (χ3n) is 1.13. The molecule has 1 aliphatic rings. The van der Waals surface area contributed by atoms with Gasteiger partial charge in [-0.1, -0.05) is 0 Å². The molecule has 1 rings (SSSR count). The fourth-order valence-corrected chi connectivity index (χ4v) is 0.554. The van der Waals surface area contributed by atoms with Crippen LogP contribution in [0.3, 0.4) is 0 Å². The minimum absolute atomic E-state index is 0.180. The first kappa shape index (κ1) is 6.07. The second-order valence-electron chi connectivity index (χ2n) is 1.83. The van der Waals surface area contributed by atoms with E-state index in [9.17, 15) is 0 Å². The van der Waals surface area contributed by atoms with Crippen LogP contribution in [-0.4, -0.2) is 25.8 Å². The Bertz CT molecular complexity index is 62.3. The van der Waals surface area contributed by atoms with Crippen LogP contribution in [0.1, 0.15) is 0 Å². The van der Waals surface area contributed by atoms with Crippen LogP contribution in [0, 0.1) is 5.92 Å². The molecule has 1 saturated heterocycles. The smallest absolute Gasteiger partial charge is 0.344 e. The Kier molecular flexibility index (Phi) is 2.33. The van der Waals surface area contributed by atoms with E-state index in [4.69, 9.17) is 5.11 Å². The average molecular weight is 115 g/mol. The lowest BCUT2D eigenvalue weighted by molar-refractivity contribution is -0.230. The van der Waals surface area contributed by atoms with E-state index in [1.165, 1.54) is 0 Å². The molecule has 0 amide bonds. The third-order valence-corrected chi connectivity index (χ3v) is 1.13. The summed E-state index contributed by atoms with van der Waals surface area (Å²) >= 11 is 0. The number of hydrogen-bond acceptors (Lipinski definition) is 3. The quantitative estimate of drug-likeness (QED) is 0.373. The van der Waals surface area contributed by atoms with E-state index in [0.717, 1.165) is 6.32 Å². The predicted molar refractivity (Wildman–Crippen MR) is 28.2 cm³/mol. The maximum Gasteiger partial charge on any atom is 0.344 e. The zero-order valence-corrected chi connectivity index (χ0v) is 4.54. The van der Waals surface area contributed by atoms with Crippen LogP contribution in [0.25, 0.3) is 0 Å². The van der Waals surface area contributed by atoms with E-state index in [-0.39, 0.29) is 12.5 Å². The number of hydrogen-bond donors (Lipinski definition) is 1. The van der Waals surface area contributed by atoms with Gasteiger partial charge in [-0.25, -0.2) is 0 Å². The summed E-state index contributed by atoms with van der Waals surface area (Å²) in [6.45, 7) is 0.687. The number of aliphatic hydroxyl groups is 1. The zero-order chi connectivity index (χ0) is 5.82. The highest BCUT2D eigenvalue weighted by Crippen LogP contribution is 2.07. The summed E-state index contributed by atoms with van der Waals surface area (Å²) in [5.41, 5.74) is 0. The standard InChI is InChI=1S/C4H8BO3/c6-2-4-1-5-8-7-3-4/h4,6H,1-3H2. The molecule has 3 nitrogen and oxygen atoms in total. The first-order valence-corrected chi connectivity index (χ1v) is 2.64. The molecule has 1 N–H and O–H groups in total. The van der Waals surface area contributed by atoms with Gasteiger partial charge in [0.1, 0.15) is 0 Å². The molecule has 0 saturated carbocycles. The van der Waals surface area contributed by atoms with Gasteiger partial charge < -0.3 is 9.91 Å². The molecule has 0 aromatic carbocycles. The fourth-order valence-electron chi connectivity index (χ4n) is 0.554. The van der Waals surface area contributed by atoms with Crippen molar-refractivity contribution in [2.24, 2.45) is 5.92 Å². The molecule has 1 heterocycles. The van der Waals surface area contributed by atoms with Crippen molar-refractivity contribution in [3.63, 3.8) is 0 Å². The van der Waals surface area contributed by atoms with E-state index in [0.29, 0.717) is 6.61 Å². The second-order valence-corrected chi connectivity index (χ2v) is 1.83. The summed E-state index contributed by atoms with van der Waals surface area (Å²) in [5.74, 6) is 0.240. The highest BCUT2D eigenvalue weighted by Gasteiger charge is 2.14. The molecular weight excluding hydrogens is 107 g/mol. The summed E-state index contributed by atoms with van der Waals surface area (Å²) in [6.07, 6.45) is 0.788. The van der Waals surface area contributed by atoms with Crippen LogP contribution in [0.4, 0.5) is 0 Å². The van der Waals surface area contributed by atoms with Gasteiger partial charge in [-0.05, 0) is 6.32 Å². The van der Waals surface area contributed by atoms with Crippen LogP contribution in [0.2, 0.25) is 6.32 Å². The van der Waals surface area contributed by atoms with E-state index >= 15 is 0 Å². The van der Waals surface area contributed by atoms with Gasteiger partial charge in [-0.3, -0.25) is 4.89 Å². The molecule has 8 heavy (non-hydrogen) atoms. The Hall–Kier alpha value is -0.0551. The molecular formula is C4H8BO3. The monoisotopic (exact) mass is 115 g/mol. The zero-order valence-electron chi connectivity index (χ0n) is 4.54. The van der Waals surface area contributed by atoms with E-state index < -0.39 is 0 Å². The van der Waals surface area contributed by atoms with Crippen LogP contribution in [0.5, 0.6) is 0 Å². The van der Waals surface area contributed by atoms with Crippen molar-refractivity contribution < 1.29 is 14.8 Å². The lowest BCUT2D eigenvalue weighted by Gasteiger charge is -2.17. The molecule has 0 bridgehead atoms. The Morgan fingerprint density at radius 1 is 1.75 bits per heavy atom. The van der Waals surface area contributed by atoms with E-state index in [1.807, 2.05) is 0 Å². The highest BCUT2D eigenvalue weighted by molar-refractivity contribution is 6.26.